The molecular weight excluding hydrogens is 245 g/mol. The number of halogens is 1. The number of hydrogen-bond donors (Lipinski definition) is 0. The van der Waals surface area contributed by atoms with E-state index in [1.54, 1.807) is 0 Å². The lowest BCUT2D eigenvalue weighted by atomic mass is 10.6. The maximum Gasteiger partial charge on any atom is 0.205 e. The Hall–Kier alpha value is -0.720. The second-order valence-corrected chi connectivity index (χ2v) is 2.69. The number of nitrogens with zero attached hydrogens (tertiary/aromatic N) is 3. The molecule has 0 atom stereocenters. The SMILES string of the molecule is Ic1ncnc2ncoc12. The molecule has 2 rings (SSSR count). The highest BCUT2D eigenvalue weighted by Gasteiger charge is 2.02. The second-order valence-electron chi connectivity index (χ2n) is 1.67. The molecule has 0 amide bonds. The fraction of sp³-hybridized carbons (Fsp3) is 0. The zero-order valence-corrected chi connectivity index (χ0v) is 6.94. The lowest BCUT2D eigenvalue weighted by Crippen LogP contribution is -1.82. The molecule has 0 aliphatic heterocycles. The van der Waals surface area contributed by atoms with E-state index in [4.69, 9.17) is 4.42 Å². The third-order valence-electron chi connectivity index (χ3n) is 1.09. The molecule has 0 spiro atoms. The Labute approximate surface area is 69.8 Å². The van der Waals surface area contributed by atoms with Crippen LogP contribution in [0.4, 0.5) is 0 Å². The van der Waals surface area contributed by atoms with E-state index in [0.717, 1.165) is 3.70 Å². The molecule has 0 fully saturated rings. The van der Waals surface area contributed by atoms with E-state index >= 15 is 0 Å². The average molecular weight is 247 g/mol. The fourth-order valence-corrected chi connectivity index (χ4v) is 1.16. The molecule has 0 radical (unpaired) electrons. The summed E-state index contributed by atoms with van der Waals surface area (Å²) in [5.74, 6) is 0. The van der Waals surface area contributed by atoms with E-state index in [2.05, 4.69) is 37.5 Å². The van der Waals surface area contributed by atoms with Crippen LogP contribution in [0.15, 0.2) is 17.1 Å². The van der Waals surface area contributed by atoms with Crippen molar-refractivity contribution in [3.63, 3.8) is 0 Å². The van der Waals surface area contributed by atoms with Crippen molar-refractivity contribution in [2.75, 3.05) is 0 Å². The minimum atomic E-state index is 0.611. The summed E-state index contributed by atoms with van der Waals surface area (Å²) in [7, 11) is 0. The maximum absolute atomic E-state index is 5.01. The van der Waals surface area contributed by atoms with Crippen molar-refractivity contribution in [3.05, 3.63) is 16.4 Å². The Morgan fingerprint density at radius 1 is 1.30 bits per heavy atom. The molecule has 0 saturated carbocycles. The van der Waals surface area contributed by atoms with Gasteiger partial charge in [-0.05, 0) is 22.6 Å². The molecule has 0 N–H and O–H groups in total. The van der Waals surface area contributed by atoms with Crippen molar-refractivity contribution in [2.45, 2.75) is 0 Å². The summed E-state index contributed by atoms with van der Waals surface area (Å²) >= 11 is 2.07. The number of oxazole rings is 1. The molecule has 50 valence electrons. The normalized spacial score (nSPS) is 10.5. The largest absolute Gasteiger partial charge is 0.439 e. The first-order chi connectivity index (χ1) is 4.88. The van der Waals surface area contributed by atoms with Crippen LogP contribution in [0.25, 0.3) is 11.2 Å². The molecule has 0 aliphatic carbocycles. The van der Waals surface area contributed by atoms with Crippen LogP contribution in [0, 0.1) is 3.70 Å². The predicted octanol–water partition coefficient (Wildman–Crippen LogP) is 1.22. The van der Waals surface area contributed by atoms with Gasteiger partial charge in [-0.15, -0.1) is 0 Å². The quantitative estimate of drug-likeness (QED) is 0.518. The van der Waals surface area contributed by atoms with Gasteiger partial charge in [-0.2, -0.15) is 4.98 Å². The third kappa shape index (κ3) is 0.772. The monoisotopic (exact) mass is 247 g/mol. The van der Waals surface area contributed by atoms with E-state index in [0.29, 0.717) is 11.2 Å². The van der Waals surface area contributed by atoms with Gasteiger partial charge in [0.1, 0.15) is 10.0 Å². The van der Waals surface area contributed by atoms with Gasteiger partial charge in [-0.25, -0.2) is 9.97 Å². The molecule has 2 heterocycles. The van der Waals surface area contributed by atoms with Gasteiger partial charge in [-0.1, -0.05) is 0 Å². The van der Waals surface area contributed by atoms with Crippen molar-refractivity contribution < 1.29 is 4.42 Å². The Morgan fingerprint density at radius 3 is 3.00 bits per heavy atom. The molecule has 0 aromatic carbocycles. The van der Waals surface area contributed by atoms with Crippen LogP contribution in [-0.2, 0) is 0 Å². The summed E-state index contributed by atoms with van der Waals surface area (Å²) in [6, 6.07) is 0. The molecular formula is C5H2IN3O. The lowest BCUT2D eigenvalue weighted by molar-refractivity contribution is 0.598. The number of rotatable bonds is 0. The van der Waals surface area contributed by atoms with Crippen molar-refractivity contribution in [2.24, 2.45) is 0 Å². The van der Waals surface area contributed by atoms with Gasteiger partial charge in [0.2, 0.25) is 11.2 Å². The lowest BCUT2D eigenvalue weighted by Gasteiger charge is -1.85. The predicted molar refractivity (Wildman–Crippen MR) is 42.3 cm³/mol. The molecule has 2 aromatic rings. The van der Waals surface area contributed by atoms with Crippen LogP contribution >= 0.6 is 22.6 Å². The summed E-state index contributed by atoms with van der Waals surface area (Å²) < 4.78 is 5.80. The number of fused-ring (bicyclic) bond motifs is 1. The van der Waals surface area contributed by atoms with Crippen molar-refractivity contribution in [1.29, 1.82) is 0 Å². The fourth-order valence-electron chi connectivity index (χ4n) is 0.666. The topological polar surface area (TPSA) is 51.8 Å². The maximum atomic E-state index is 5.01. The first-order valence-corrected chi connectivity index (χ1v) is 3.65. The highest BCUT2D eigenvalue weighted by atomic mass is 127. The van der Waals surface area contributed by atoms with Crippen molar-refractivity contribution in [3.8, 4) is 0 Å². The average Bonchev–Trinajstić information content (AvgIpc) is 2.36. The minimum Gasteiger partial charge on any atom is -0.439 e. The smallest absolute Gasteiger partial charge is 0.205 e. The minimum absolute atomic E-state index is 0.611. The highest BCUT2D eigenvalue weighted by Crippen LogP contribution is 2.13. The third-order valence-corrected chi connectivity index (χ3v) is 1.86. The van der Waals surface area contributed by atoms with Crippen molar-refractivity contribution in [1.82, 2.24) is 15.0 Å². The molecule has 10 heavy (non-hydrogen) atoms. The van der Waals surface area contributed by atoms with Crippen LogP contribution in [-0.4, -0.2) is 15.0 Å². The van der Waals surface area contributed by atoms with E-state index in [9.17, 15) is 0 Å². The Morgan fingerprint density at radius 2 is 2.20 bits per heavy atom. The summed E-state index contributed by atoms with van der Waals surface area (Å²) in [4.78, 5) is 11.7. The van der Waals surface area contributed by atoms with Gasteiger partial charge >= 0.3 is 0 Å². The van der Waals surface area contributed by atoms with Crippen LogP contribution < -0.4 is 0 Å². The summed E-state index contributed by atoms with van der Waals surface area (Å²) in [6.07, 6.45) is 2.83. The Kier molecular flexibility index (Phi) is 1.30. The van der Waals surface area contributed by atoms with Crippen molar-refractivity contribution >= 4 is 33.8 Å². The van der Waals surface area contributed by atoms with E-state index in [-0.39, 0.29) is 0 Å². The molecule has 4 nitrogen and oxygen atoms in total. The molecule has 0 bridgehead atoms. The summed E-state index contributed by atoms with van der Waals surface area (Å²) in [5, 5.41) is 0. The first-order valence-electron chi connectivity index (χ1n) is 2.57. The molecule has 2 aromatic heterocycles. The van der Waals surface area contributed by atoms with Crippen LogP contribution in [0.2, 0.25) is 0 Å². The van der Waals surface area contributed by atoms with E-state index in [1.165, 1.54) is 12.7 Å². The Bertz CT molecular complexity index is 358. The molecule has 0 aliphatic rings. The Balaban J connectivity index is 2.95. The van der Waals surface area contributed by atoms with Gasteiger partial charge in [0.25, 0.3) is 0 Å². The summed E-state index contributed by atoms with van der Waals surface area (Å²) in [5.41, 5.74) is 1.27. The van der Waals surface area contributed by atoms with Gasteiger partial charge in [0, 0.05) is 0 Å². The van der Waals surface area contributed by atoms with Crippen LogP contribution in [0.3, 0.4) is 0 Å². The zero-order valence-electron chi connectivity index (χ0n) is 4.78. The van der Waals surface area contributed by atoms with Crippen LogP contribution in [0.5, 0.6) is 0 Å². The highest BCUT2D eigenvalue weighted by molar-refractivity contribution is 14.1. The van der Waals surface area contributed by atoms with Gasteiger partial charge in [0.05, 0.1) is 0 Å². The first kappa shape index (κ1) is 6.02. The number of hydrogen-bond acceptors (Lipinski definition) is 4. The van der Waals surface area contributed by atoms with Gasteiger partial charge < -0.3 is 4.42 Å². The summed E-state index contributed by atoms with van der Waals surface area (Å²) in [6.45, 7) is 0. The zero-order chi connectivity index (χ0) is 6.97. The second kappa shape index (κ2) is 2.15. The van der Waals surface area contributed by atoms with E-state index in [1.807, 2.05) is 0 Å². The molecule has 5 heteroatoms. The number of aromatic nitrogens is 3. The van der Waals surface area contributed by atoms with E-state index < -0.39 is 0 Å². The van der Waals surface area contributed by atoms with Gasteiger partial charge in [0.15, 0.2) is 6.39 Å². The molecule has 0 unspecified atom stereocenters. The molecule has 0 saturated heterocycles. The van der Waals surface area contributed by atoms with Gasteiger partial charge in [-0.3, -0.25) is 0 Å². The van der Waals surface area contributed by atoms with Crippen LogP contribution in [0.1, 0.15) is 0 Å². The standard InChI is InChI=1S/C5H2IN3O/c6-4-3-5(8-1-7-4)9-2-10-3/h1-2H.